The van der Waals surface area contributed by atoms with E-state index < -0.39 is 0 Å². The maximum Gasteiger partial charge on any atom is 0.251 e. The van der Waals surface area contributed by atoms with Crippen LogP contribution in [0.1, 0.15) is 41.6 Å². The Kier molecular flexibility index (Phi) is 7.07. The zero-order valence-corrected chi connectivity index (χ0v) is 13.9. The summed E-state index contributed by atoms with van der Waals surface area (Å²) in [5.41, 5.74) is 1.73. The molecule has 0 radical (unpaired) electrons. The van der Waals surface area contributed by atoms with Crippen LogP contribution < -0.4 is 10.6 Å². The van der Waals surface area contributed by atoms with E-state index >= 15 is 0 Å². The average molecular weight is 317 g/mol. The summed E-state index contributed by atoms with van der Waals surface area (Å²) < 4.78 is 0. The molecular formula is C18H27N3O2. The summed E-state index contributed by atoms with van der Waals surface area (Å²) in [5.74, 6) is 0.0524. The van der Waals surface area contributed by atoms with E-state index in [4.69, 9.17) is 0 Å². The molecule has 2 amide bonds. The Labute approximate surface area is 138 Å². The zero-order valence-electron chi connectivity index (χ0n) is 13.9. The lowest BCUT2D eigenvalue weighted by Crippen LogP contribution is -2.37. The van der Waals surface area contributed by atoms with Crippen molar-refractivity contribution in [2.24, 2.45) is 0 Å². The van der Waals surface area contributed by atoms with E-state index in [0.29, 0.717) is 18.5 Å². The Morgan fingerprint density at radius 3 is 2.57 bits per heavy atom. The quantitative estimate of drug-likeness (QED) is 0.803. The van der Waals surface area contributed by atoms with Gasteiger partial charge in [-0.3, -0.25) is 9.59 Å². The van der Waals surface area contributed by atoms with Crippen molar-refractivity contribution in [2.45, 2.75) is 32.1 Å². The van der Waals surface area contributed by atoms with Gasteiger partial charge in [-0.2, -0.15) is 0 Å². The number of hydrogen-bond acceptors (Lipinski definition) is 3. The van der Waals surface area contributed by atoms with Crippen LogP contribution in [0.4, 0.5) is 0 Å². The maximum atomic E-state index is 12.3. The molecule has 126 valence electrons. The Morgan fingerprint density at radius 2 is 1.83 bits per heavy atom. The van der Waals surface area contributed by atoms with Crippen LogP contribution >= 0.6 is 0 Å². The van der Waals surface area contributed by atoms with Crippen molar-refractivity contribution in [3.63, 3.8) is 0 Å². The highest BCUT2D eigenvalue weighted by atomic mass is 16.2. The summed E-state index contributed by atoms with van der Waals surface area (Å²) in [6, 6.07) is 7.64. The highest BCUT2D eigenvalue weighted by Gasteiger charge is 2.16. The van der Waals surface area contributed by atoms with Crippen LogP contribution in [0.15, 0.2) is 24.3 Å². The van der Waals surface area contributed by atoms with Gasteiger partial charge in [0.25, 0.3) is 5.91 Å². The molecule has 0 unspecified atom stereocenters. The minimum atomic E-state index is -0.0943. The van der Waals surface area contributed by atoms with Gasteiger partial charge in [-0.25, -0.2) is 0 Å². The molecule has 1 heterocycles. The van der Waals surface area contributed by atoms with Crippen molar-refractivity contribution < 1.29 is 9.59 Å². The third-order valence-corrected chi connectivity index (χ3v) is 4.24. The maximum absolute atomic E-state index is 12.3. The van der Waals surface area contributed by atoms with Gasteiger partial charge in [0.2, 0.25) is 5.91 Å². The molecule has 1 aromatic rings. The van der Waals surface area contributed by atoms with Gasteiger partial charge < -0.3 is 15.5 Å². The number of nitrogens with zero attached hydrogens (tertiary/aromatic N) is 1. The van der Waals surface area contributed by atoms with Gasteiger partial charge in [0.15, 0.2) is 0 Å². The second kappa shape index (κ2) is 9.30. The van der Waals surface area contributed by atoms with Crippen LogP contribution in [0.2, 0.25) is 0 Å². The molecule has 0 aromatic heterocycles. The molecule has 0 spiro atoms. The molecule has 0 aliphatic carbocycles. The molecule has 2 N–H and O–H groups in total. The minimum Gasteiger partial charge on any atom is -0.352 e. The minimum absolute atomic E-state index is 0.0943. The van der Waals surface area contributed by atoms with E-state index in [1.807, 2.05) is 36.2 Å². The fraction of sp³-hybridized carbons (Fsp3) is 0.556. The molecule has 1 aliphatic rings. The van der Waals surface area contributed by atoms with Crippen LogP contribution in [0, 0.1) is 0 Å². The van der Waals surface area contributed by atoms with Crippen LogP contribution in [0.25, 0.3) is 0 Å². The normalized spacial score (nSPS) is 14.6. The van der Waals surface area contributed by atoms with E-state index in [9.17, 15) is 9.59 Å². The number of hydrogen-bond donors (Lipinski definition) is 2. The average Bonchev–Trinajstić information content (AvgIpc) is 2.60. The molecule has 0 bridgehead atoms. The Morgan fingerprint density at radius 1 is 1.09 bits per heavy atom. The van der Waals surface area contributed by atoms with E-state index in [-0.39, 0.29) is 11.8 Å². The molecule has 23 heavy (non-hydrogen) atoms. The van der Waals surface area contributed by atoms with Gasteiger partial charge in [-0.05, 0) is 50.9 Å². The molecule has 1 fully saturated rings. The molecule has 0 saturated carbocycles. The number of amides is 2. The fourth-order valence-corrected chi connectivity index (χ4v) is 2.90. The summed E-state index contributed by atoms with van der Waals surface area (Å²) in [5, 5.41) is 5.97. The van der Waals surface area contributed by atoms with Crippen LogP contribution in [0.5, 0.6) is 0 Å². The predicted octanol–water partition coefficient (Wildman–Crippen LogP) is 1.58. The Bertz CT molecular complexity index is 525. The topological polar surface area (TPSA) is 61.4 Å². The standard InChI is InChI=1S/C18H27N3O2/c1-19-11-9-15-7-3-4-8-16(15)18(23)20-12-10-17(22)21-13-5-2-6-14-21/h3-4,7-8,19H,2,5-6,9-14H2,1H3,(H,20,23). The molecule has 1 aliphatic heterocycles. The lowest BCUT2D eigenvalue weighted by molar-refractivity contribution is -0.131. The van der Waals surface area contributed by atoms with Crippen molar-refractivity contribution in [3.8, 4) is 0 Å². The molecule has 0 atom stereocenters. The van der Waals surface area contributed by atoms with Crippen molar-refractivity contribution in [1.82, 2.24) is 15.5 Å². The summed E-state index contributed by atoms with van der Waals surface area (Å²) in [4.78, 5) is 26.3. The van der Waals surface area contributed by atoms with E-state index in [1.54, 1.807) is 0 Å². The number of carbonyl (C=O) groups is 2. The summed E-state index contributed by atoms with van der Waals surface area (Å²) in [7, 11) is 1.90. The second-order valence-corrected chi connectivity index (χ2v) is 5.96. The van der Waals surface area contributed by atoms with Crippen molar-refractivity contribution >= 4 is 11.8 Å². The number of benzene rings is 1. The number of likely N-dealkylation sites (tertiary alicyclic amines) is 1. The van der Waals surface area contributed by atoms with E-state index in [0.717, 1.165) is 44.5 Å². The number of carbonyl (C=O) groups excluding carboxylic acids is 2. The fourth-order valence-electron chi connectivity index (χ4n) is 2.90. The van der Waals surface area contributed by atoms with Crippen LogP contribution in [0.3, 0.4) is 0 Å². The molecule has 5 nitrogen and oxygen atoms in total. The Hall–Kier alpha value is -1.88. The second-order valence-electron chi connectivity index (χ2n) is 5.96. The van der Waals surface area contributed by atoms with Gasteiger partial charge in [0.1, 0.15) is 0 Å². The first-order valence-electron chi connectivity index (χ1n) is 8.51. The highest BCUT2D eigenvalue weighted by Crippen LogP contribution is 2.11. The molecule has 1 saturated heterocycles. The van der Waals surface area contributed by atoms with E-state index in [2.05, 4.69) is 10.6 Å². The molecule has 2 rings (SSSR count). The highest BCUT2D eigenvalue weighted by molar-refractivity contribution is 5.95. The molecule has 1 aromatic carbocycles. The monoisotopic (exact) mass is 317 g/mol. The van der Waals surface area contributed by atoms with Crippen LogP contribution in [-0.2, 0) is 11.2 Å². The van der Waals surface area contributed by atoms with Crippen molar-refractivity contribution in [2.75, 3.05) is 33.2 Å². The predicted molar refractivity (Wildman–Crippen MR) is 91.5 cm³/mol. The molecular weight excluding hydrogens is 290 g/mol. The summed E-state index contributed by atoms with van der Waals surface area (Å²) in [6.45, 7) is 2.95. The zero-order chi connectivity index (χ0) is 16.5. The summed E-state index contributed by atoms with van der Waals surface area (Å²) in [6.07, 6.45) is 4.59. The third-order valence-electron chi connectivity index (χ3n) is 4.24. The first kappa shape index (κ1) is 17.5. The Balaban J connectivity index is 1.81. The van der Waals surface area contributed by atoms with Gasteiger partial charge in [-0.1, -0.05) is 18.2 Å². The van der Waals surface area contributed by atoms with Gasteiger partial charge in [-0.15, -0.1) is 0 Å². The largest absolute Gasteiger partial charge is 0.352 e. The van der Waals surface area contributed by atoms with Gasteiger partial charge in [0, 0.05) is 31.6 Å². The lowest BCUT2D eigenvalue weighted by Gasteiger charge is -2.26. The van der Waals surface area contributed by atoms with Gasteiger partial charge >= 0.3 is 0 Å². The number of likely N-dealkylation sites (N-methyl/N-ethyl adjacent to an activating group) is 1. The first-order chi connectivity index (χ1) is 11.2. The number of nitrogens with one attached hydrogen (secondary N) is 2. The lowest BCUT2D eigenvalue weighted by atomic mass is 10.0. The first-order valence-corrected chi connectivity index (χ1v) is 8.51. The summed E-state index contributed by atoms with van der Waals surface area (Å²) >= 11 is 0. The molecule has 5 heteroatoms. The van der Waals surface area contributed by atoms with Gasteiger partial charge in [0.05, 0.1) is 0 Å². The third kappa shape index (κ3) is 5.36. The van der Waals surface area contributed by atoms with Crippen molar-refractivity contribution in [3.05, 3.63) is 35.4 Å². The number of piperidine rings is 1. The van der Waals surface area contributed by atoms with Crippen LogP contribution in [-0.4, -0.2) is 49.9 Å². The van der Waals surface area contributed by atoms with Crippen molar-refractivity contribution in [1.29, 1.82) is 0 Å². The SMILES string of the molecule is CNCCc1ccccc1C(=O)NCCC(=O)N1CCCCC1. The number of rotatable bonds is 7. The smallest absolute Gasteiger partial charge is 0.251 e. The van der Waals surface area contributed by atoms with E-state index in [1.165, 1.54) is 6.42 Å².